The number of aliphatic carboxylic acids is 1. The molecule has 2 aromatic rings. The number of anilines is 2. The van der Waals surface area contributed by atoms with Crippen molar-refractivity contribution in [1.29, 1.82) is 0 Å². The molecule has 0 saturated carbocycles. The maximum atomic E-state index is 11.1. The highest BCUT2D eigenvalue weighted by molar-refractivity contribution is 5.76. The minimum atomic E-state index is -1.24. The van der Waals surface area contributed by atoms with Gasteiger partial charge in [-0.05, 0) is 18.2 Å². The highest BCUT2D eigenvalue weighted by Gasteiger charge is 2.23. The van der Waals surface area contributed by atoms with Crippen LogP contribution < -0.4 is 4.90 Å². The molecule has 0 spiro atoms. The molecular weight excluding hydrogens is 272 g/mol. The highest BCUT2D eigenvalue weighted by Crippen LogP contribution is 2.21. The number of aliphatic imine (C=N–C) groups is 1. The Morgan fingerprint density at radius 3 is 2.48 bits per heavy atom. The second kappa shape index (κ2) is 6.93. The number of carbonyl (C=O) groups excluding carboxylic acids is 1. The van der Waals surface area contributed by atoms with E-state index in [0.29, 0.717) is 11.6 Å². The van der Waals surface area contributed by atoms with E-state index in [9.17, 15) is 9.59 Å². The number of carboxylic acids is 1. The molecule has 0 aliphatic rings. The first-order valence-electron chi connectivity index (χ1n) is 6.11. The van der Waals surface area contributed by atoms with E-state index in [1.807, 2.05) is 18.2 Å². The third-order valence-corrected chi connectivity index (χ3v) is 2.71. The minimum absolute atomic E-state index is 0.0708. The molecule has 1 heterocycles. The third kappa shape index (κ3) is 3.71. The lowest BCUT2D eigenvalue weighted by molar-refractivity contribution is -0.138. The van der Waals surface area contributed by atoms with E-state index < -0.39 is 12.0 Å². The molecule has 1 unspecified atom stereocenters. The second-order valence-electron chi connectivity index (χ2n) is 4.07. The van der Waals surface area contributed by atoms with Crippen molar-refractivity contribution in [3.63, 3.8) is 0 Å². The summed E-state index contributed by atoms with van der Waals surface area (Å²) in [5.74, 6) is -0.883. The Bertz CT molecular complexity index is 600. The van der Waals surface area contributed by atoms with Gasteiger partial charge in [0.2, 0.25) is 12.0 Å². The van der Waals surface area contributed by atoms with Crippen LogP contribution in [0.15, 0.2) is 53.8 Å². The van der Waals surface area contributed by atoms with Crippen molar-refractivity contribution < 1.29 is 14.7 Å². The van der Waals surface area contributed by atoms with Crippen molar-refractivity contribution in [2.24, 2.45) is 4.99 Å². The summed E-state index contributed by atoms with van der Waals surface area (Å²) in [5.41, 5.74) is 0.705. The van der Waals surface area contributed by atoms with Crippen LogP contribution in [0.3, 0.4) is 0 Å². The zero-order valence-electron chi connectivity index (χ0n) is 11.0. The lowest BCUT2D eigenvalue weighted by Crippen LogP contribution is -2.34. The predicted octanol–water partition coefficient (Wildman–Crippen LogP) is 1.40. The van der Waals surface area contributed by atoms with E-state index in [2.05, 4.69) is 15.0 Å². The predicted molar refractivity (Wildman–Crippen MR) is 75.0 cm³/mol. The summed E-state index contributed by atoms with van der Waals surface area (Å²) in [6, 6.07) is 9.46. The van der Waals surface area contributed by atoms with Crippen LogP contribution in [0.2, 0.25) is 0 Å². The van der Waals surface area contributed by atoms with Gasteiger partial charge in [0.05, 0.1) is 6.54 Å². The van der Waals surface area contributed by atoms with Gasteiger partial charge in [-0.15, -0.1) is 0 Å². The van der Waals surface area contributed by atoms with Crippen molar-refractivity contribution in [2.75, 3.05) is 11.4 Å². The third-order valence-electron chi connectivity index (χ3n) is 2.71. The number of aromatic nitrogens is 2. The summed E-state index contributed by atoms with van der Waals surface area (Å²) in [4.78, 5) is 34.6. The summed E-state index contributed by atoms with van der Waals surface area (Å²) in [5, 5.41) is 9.11. The van der Waals surface area contributed by atoms with Gasteiger partial charge >= 0.3 is 5.97 Å². The molecule has 7 heteroatoms. The largest absolute Gasteiger partial charge is 0.480 e. The van der Waals surface area contributed by atoms with Gasteiger partial charge in [0.15, 0.2) is 6.04 Å². The van der Waals surface area contributed by atoms with E-state index in [1.165, 1.54) is 6.08 Å². The molecule has 0 aliphatic heterocycles. The van der Waals surface area contributed by atoms with Crippen molar-refractivity contribution >= 4 is 23.7 Å². The molecule has 1 aromatic carbocycles. The maximum Gasteiger partial charge on any atom is 0.331 e. The zero-order chi connectivity index (χ0) is 15.1. The molecule has 1 aromatic heterocycles. The maximum absolute atomic E-state index is 11.1. The van der Waals surface area contributed by atoms with Crippen LogP contribution in [0, 0.1) is 0 Å². The molecule has 21 heavy (non-hydrogen) atoms. The molecule has 0 amide bonds. The van der Waals surface area contributed by atoms with Crippen LogP contribution in [0.4, 0.5) is 11.6 Å². The number of carbonyl (C=O) groups is 1. The van der Waals surface area contributed by atoms with Gasteiger partial charge in [-0.3, -0.25) is 0 Å². The number of para-hydroxylation sites is 1. The Balaban J connectivity index is 2.37. The first kappa shape index (κ1) is 14.4. The first-order chi connectivity index (χ1) is 10.2. The molecule has 0 saturated heterocycles. The van der Waals surface area contributed by atoms with Gasteiger partial charge in [-0.25, -0.2) is 19.6 Å². The van der Waals surface area contributed by atoms with Crippen LogP contribution in [0.25, 0.3) is 0 Å². The number of benzene rings is 1. The fraction of sp³-hybridized carbons (Fsp3) is 0.143. The minimum Gasteiger partial charge on any atom is -0.480 e. The van der Waals surface area contributed by atoms with E-state index in [-0.39, 0.29) is 6.54 Å². The van der Waals surface area contributed by atoms with Crippen LogP contribution in [0.5, 0.6) is 0 Å². The van der Waals surface area contributed by atoms with Gasteiger partial charge < -0.3 is 10.0 Å². The monoisotopic (exact) mass is 284 g/mol. The molecule has 0 aliphatic carbocycles. The van der Waals surface area contributed by atoms with Gasteiger partial charge in [-0.2, -0.15) is 4.99 Å². The lowest BCUT2D eigenvalue weighted by atomic mass is 10.2. The topological polar surface area (TPSA) is 95.8 Å². The van der Waals surface area contributed by atoms with Gasteiger partial charge in [0, 0.05) is 18.1 Å². The molecule has 0 bridgehead atoms. The quantitative estimate of drug-likeness (QED) is 0.636. The number of rotatable bonds is 6. The molecular formula is C14H12N4O3. The molecule has 7 nitrogen and oxygen atoms in total. The SMILES string of the molecule is O=C=NC(CN(c1ccccc1)c1ncccn1)C(=O)O. The fourth-order valence-electron chi connectivity index (χ4n) is 1.75. The summed E-state index contributed by atoms with van der Waals surface area (Å²) < 4.78 is 0. The number of hydrogen-bond donors (Lipinski definition) is 1. The van der Waals surface area contributed by atoms with Gasteiger partial charge in [0.1, 0.15) is 0 Å². The Labute approximate surface area is 120 Å². The van der Waals surface area contributed by atoms with Crippen molar-refractivity contribution in [3.8, 4) is 0 Å². The van der Waals surface area contributed by atoms with Crippen molar-refractivity contribution in [1.82, 2.24) is 9.97 Å². The molecule has 1 atom stereocenters. The van der Waals surface area contributed by atoms with Crippen LogP contribution >= 0.6 is 0 Å². The fourth-order valence-corrected chi connectivity index (χ4v) is 1.75. The van der Waals surface area contributed by atoms with Gasteiger partial charge in [0.25, 0.3) is 0 Å². The zero-order valence-corrected chi connectivity index (χ0v) is 11.0. The van der Waals surface area contributed by atoms with Crippen LogP contribution in [-0.2, 0) is 9.59 Å². The Morgan fingerprint density at radius 1 is 1.24 bits per heavy atom. The summed E-state index contributed by atoms with van der Waals surface area (Å²) >= 11 is 0. The van der Waals surface area contributed by atoms with E-state index >= 15 is 0 Å². The molecule has 0 fully saturated rings. The lowest BCUT2D eigenvalue weighted by Gasteiger charge is -2.23. The molecule has 1 N–H and O–H groups in total. The summed E-state index contributed by atoms with van der Waals surface area (Å²) in [6.07, 6.45) is 4.39. The van der Waals surface area contributed by atoms with Crippen molar-refractivity contribution in [2.45, 2.75) is 6.04 Å². The molecule has 2 rings (SSSR count). The Hall–Kier alpha value is -3.05. The smallest absolute Gasteiger partial charge is 0.331 e. The van der Waals surface area contributed by atoms with Crippen LogP contribution in [0.1, 0.15) is 0 Å². The number of carboxylic acid groups (broad SMARTS) is 1. The van der Waals surface area contributed by atoms with E-state index in [1.54, 1.807) is 35.5 Å². The molecule has 106 valence electrons. The number of nitrogens with zero attached hydrogens (tertiary/aromatic N) is 4. The highest BCUT2D eigenvalue weighted by atomic mass is 16.4. The first-order valence-corrected chi connectivity index (χ1v) is 6.11. The number of hydrogen-bond acceptors (Lipinski definition) is 6. The Morgan fingerprint density at radius 2 is 1.90 bits per heavy atom. The Kier molecular flexibility index (Phi) is 4.74. The van der Waals surface area contributed by atoms with Crippen LogP contribution in [-0.4, -0.2) is 39.7 Å². The molecule has 0 radical (unpaired) electrons. The summed E-state index contributed by atoms with van der Waals surface area (Å²) in [7, 11) is 0. The van der Waals surface area contributed by atoms with Crippen molar-refractivity contribution in [3.05, 3.63) is 48.8 Å². The normalized spacial score (nSPS) is 11.2. The average molecular weight is 284 g/mol. The summed E-state index contributed by atoms with van der Waals surface area (Å²) in [6.45, 7) is -0.0708. The second-order valence-corrected chi connectivity index (χ2v) is 4.07. The number of isocyanates is 1. The van der Waals surface area contributed by atoms with E-state index in [4.69, 9.17) is 5.11 Å². The average Bonchev–Trinajstić information content (AvgIpc) is 2.53. The van der Waals surface area contributed by atoms with E-state index in [0.717, 1.165) is 0 Å². The van der Waals surface area contributed by atoms with Gasteiger partial charge in [-0.1, -0.05) is 18.2 Å². The standard InChI is InChI=1S/C14H12N4O3/c19-10-17-12(13(20)21)9-18(11-5-2-1-3-6-11)14-15-7-4-8-16-14/h1-8,12H,9H2,(H,20,21).